The number of carbonyl (C=O) groups is 1. The molecule has 1 aromatic carbocycles. The minimum absolute atomic E-state index is 0.289. The Bertz CT molecular complexity index is 509. The van der Waals surface area contributed by atoms with Crippen molar-refractivity contribution < 1.29 is 9.53 Å². The molecule has 1 amide bonds. The molecule has 0 radical (unpaired) electrons. The van der Waals surface area contributed by atoms with Crippen molar-refractivity contribution in [2.24, 2.45) is 0 Å². The van der Waals surface area contributed by atoms with E-state index < -0.39 is 5.60 Å². The quantitative estimate of drug-likeness (QED) is 0.457. The molecule has 1 atom stereocenters. The maximum absolute atomic E-state index is 11.6. The Morgan fingerprint density at radius 2 is 1.96 bits per heavy atom. The summed E-state index contributed by atoms with van der Waals surface area (Å²) < 4.78 is 6.29. The van der Waals surface area contributed by atoms with Crippen LogP contribution in [0.1, 0.15) is 51.6 Å². The topological polar surface area (TPSA) is 50.4 Å². The summed E-state index contributed by atoms with van der Waals surface area (Å²) in [7, 11) is 0. The summed E-state index contributed by atoms with van der Waals surface area (Å²) in [5.41, 5.74) is 0.805. The highest BCUT2D eigenvalue weighted by molar-refractivity contribution is 9.10. The number of nitrogens with one attached hydrogen (secondary N) is 2. The Balaban J connectivity index is 2.36. The summed E-state index contributed by atoms with van der Waals surface area (Å²) in [4.78, 5) is 11.6. The molecule has 0 heterocycles. The number of carbonyl (C=O) groups excluding carboxylic acids is 1. The van der Waals surface area contributed by atoms with E-state index in [4.69, 9.17) is 4.74 Å². The van der Waals surface area contributed by atoms with Gasteiger partial charge in [0.2, 0.25) is 0 Å². The zero-order chi connectivity index (χ0) is 18.0. The Labute approximate surface area is 154 Å². The second kappa shape index (κ2) is 10.5. The van der Waals surface area contributed by atoms with Crippen molar-refractivity contribution >= 4 is 22.0 Å². The molecule has 0 fully saturated rings. The second-order valence-corrected chi connectivity index (χ2v) is 7.62. The molecular formula is C19H29BrN2O2. The molecule has 1 unspecified atom stereocenters. The Morgan fingerprint density at radius 1 is 1.29 bits per heavy atom. The molecule has 24 heavy (non-hydrogen) atoms. The maximum atomic E-state index is 11.6. The van der Waals surface area contributed by atoms with E-state index in [-0.39, 0.29) is 12.1 Å². The van der Waals surface area contributed by atoms with Gasteiger partial charge in [0.05, 0.1) is 0 Å². The number of ether oxygens (including phenoxy) is 1. The van der Waals surface area contributed by atoms with Crippen molar-refractivity contribution in [3.05, 3.63) is 47.0 Å². The van der Waals surface area contributed by atoms with Crippen LogP contribution in [0.2, 0.25) is 0 Å². The van der Waals surface area contributed by atoms with Crippen LogP contribution >= 0.6 is 15.9 Å². The van der Waals surface area contributed by atoms with Gasteiger partial charge in [0.25, 0.3) is 0 Å². The number of benzene rings is 1. The zero-order valence-corrected chi connectivity index (χ0v) is 16.5. The molecule has 0 aromatic heterocycles. The first-order valence-corrected chi connectivity index (χ1v) is 9.17. The van der Waals surface area contributed by atoms with Crippen LogP contribution in [-0.4, -0.2) is 24.8 Å². The van der Waals surface area contributed by atoms with Gasteiger partial charge in [0.1, 0.15) is 5.60 Å². The van der Waals surface area contributed by atoms with Crippen molar-refractivity contribution in [3.8, 4) is 0 Å². The van der Waals surface area contributed by atoms with Crippen LogP contribution < -0.4 is 10.6 Å². The van der Waals surface area contributed by atoms with Gasteiger partial charge in [-0.25, -0.2) is 4.79 Å². The number of alkyl carbamates (subject to hydrolysis) is 1. The molecule has 1 aromatic rings. The number of allylic oxidation sites excluding steroid dienone is 1. The fraction of sp³-hybridized carbons (Fsp3) is 0.526. The first kappa shape index (κ1) is 20.7. The van der Waals surface area contributed by atoms with E-state index in [1.807, 2.05) is 26.8 Å². The number of hydrogen-bond acceptors (Lipinski definition) is 3. The second-order valence-electron chi connectivity index (χ2n) is 6.71. The third kappa shape index (κ3) is 9.08. The van der Waals surface area contributed by atoms with Gasteiger partial charge in [-0.05, 0) is 64.3 Å². The van der Waals surface area contributed by atoms with Crippen LogP contribution in [0.3, 0.4) is 0 Å². The van der Waals surface area contributed by atoms with Gasteiger partial charge >= 0.3 is 6.09 Å². The fourth-order valence-electron chi connectivity index (χ4n) is 2.24. The third-order valence-corrected chi connectivity index (χ3v) is 3.87. The highest BCUT2D eigenvalue weighted by atomic mass is 79.9. The molecule has 2 N–H and O–H groups in total. The average Bonchev–Trinajstić information content (AvgIpc) is 2.49. The van der Waals surface area contributed by atoms with Crippen molar-refractivity contribution in [3.63, 3.8) is 0 Å². The summed E-state index contributed by atoms with van der Waals surface area (Å²) in [5.74, 6) is 0. The number of rotatable bonds is 9. The number of halogens is 1. The SMILES string of the molecule is C=CCCC(NCCCNC(=O)OC(C)(C)C)c1ccc(Br)cc1. The van der Waals surface area contributed by atoms with Crippen molar-refractivity contribution in [1.82, 2.24) is 10.6 Å². The summed E-state index contributed by atoms with van der Waals surface area (Å²) in [6.45, 7) is 10.8. The van der Waals surface area contributed by atoms with Crippen LogP contribution in [0.4, 0.5) is 4.79 Å². The van der Waals surface area contributed by atoms with Crippen LogP contribution in [-0.2, 0) is 4.74 Å². The molecule has 0 spiro atoms. The molecule has 0 saturated carbocycles. The van der Waals surface area contributed by atoms with E-state index in [9.17, 15) is 4.79 Å². The average molecular weight is 397 g/mol. The number of hydrogen-bond donors (Lipinski definition) is 2. The van der Waals surface area contributed by atoms with E-state index in [1.165, 1.54) is 5.56 Å². The Morgan fingerprint density at radius 3 is 2.54 bits per heavy atom. The lowest BCUT2D eigenvalue weighted by molar-refractivity contribution is 0.0527. The lowest BCUT2D eigenvalue weighted by Crippen LogP contribution is -2.34. The standard InChI is InChI=1S/C19H29BrN2O2/c1-5-6-8-17(15-9-11-16(20)12-10-15)21-13-7-14-22-18(23)24-19(2,3)4/h5,9-12,17,21H,1,6-8,13-14H2,2-4H3,(H,22,23). The molecule has 134 valence electrons. The van der Waals surface area contributed by atoms with Crippen LogP contribution in [0.25, 0.3) is 0 Å². The van der Waals surface area contributed by atoms with E-state index in [2.05, 4.69) is 57.4 Å². The Kier molecular flexibility index (Phi) is 9.08. The zero-order valence-electron chi connectivity index (χ0n) is 14.9. The minimum atomic E-state index is -0.459. The summed E-state index contributed by atoms with van der Waals surface area (Å²) in [5, 5.41) is 6.34. The highest BCUT2D eigenvalue weighted by Gasteiger charge is 2.15. The van der Waals surface area contributed by atoms with E-state index in [1.54, 1.807) is 0 Å². The molecule has 4 nitrogen and oxygen atoms in total. The van der Waals surface area contributed by atoms with Gasteiger partial charge in [-0.1, -0.05) is 34.1 Å². The number of amides is 1. The molecule has 1 rings (SSSR count). The smallest absolute Gasteiger partial charge is 0.407 e. The van der Waals surface area contributed by atoms with Crippen LogP contribution in [0.5, 0.6) is 0 Å². The fourth-order valence-corrected chi connectivity index (χ4v) is 2.50. The van der Waals surface area contributed by atoms with Crippen LogP contribution in [0, 0.1) is 0 Å². The normalized spacial score (nSPS) is 12.5. The predicted molar refractivity (Wildman–Crippen MR) is 103 cm³/mol. The highest BCUT2D eigenvalue weighted by Crippen LogP contribution is 2.21. The third-order valence-electron chi connectivity index (χ3n) is 3.34. The van der Waals surface area contributed by atoms with Gasteiger partial charge in [0, 0.05) is 17.1 Å². The Hall–Kier alpha value is -1.33. The minimum Gasteiger partial charge on any atom is -0.444 e. The van der Waals surface area contributed by atoms with Gasteiger partial charge in [-0.15, -0.1) is 6.58 Å². The van der Waals surface area contributed by atoms with E-state index >= 15 is 0 Å². The molecule has 5 heteroatoms. The molecule has 0 bridgehead atoms. The van der Waals surface area contributed by atoms with E-state index in [0.717, 1.165) is 30.3 Å². The molecule has 0 aliphatic rings. The lowest BCUT2D eigenvalue weighted by Gasteiger charge is -2.20. The largest absolute Gasteiger partial charge is 0.444 e. The van der Waals surface area contributed by atoms with Gasteiger partial charge in [-0.2, -0.15) is 0 Å². The molecular weight excluding hydrogens is 368 g/mol. The lowest BCUT2D eigenvalue weighted by atomic mass is 10.0. The maximum Gasteiger partial charge on any atom is 0.407 e. The summed E-state index contributed by atoms with van der Waals surface area (Å²) in [6, 6.07) is 8.66. The predicted octanol–water partition coefficient (Wildman–Crippen LogP) is 4.96. The van der Waals surface area contributed by atoms with Gasteiger partial charge in [0.15, 0.2) is 0 Å². The molecule has 0 saturated heterocycles. The van der Waals surface area contributed by atoms with Crippen molar-refractivity contribution in [2.45, 2.75) is 51.7 Å². The van der Waals surface area contributed by atoms with Crippen molar-refractivity contribution in [2.75, 3.05) is 13.1 Å². The first-order chi connectivity index (χ1) is 11.3. The molecule has 0 aliphatic carbocycles. The van der Waals surface area contributed by atoms with Crippen molar-refractivity contribution in [1.29, 1.82) is 0 Å². The van der Waals surface area contributed by atoms with Gasteiger partial charge in [-0.3, -0.25) is 0 Å². The van der Waals surface area contributed by atoms with E-state index in [0.29, 0.717) is 6.54 Å². The summed E-state index contributed by atoms with van der Waals surface area (Å²) >= 11 is 3.47. The van der Waals surface area contributed by atoms with Crippen LogP contribution in [0.15, 0.2) is 41.4 Å². The monoisotopic (exact) mass is 396 g/mol. The summed E-state index contributed by atoms with van der Waals surface area (Å²) in [6.07, 6.45) is 4.39. The van der Waals surface area contributed by atoms with Gasteiger partial charge < -0.3 is 15.4 Å². The molecule has 0 aliphatic heterocycles. The first-order valence-electron chi connectivity index (χ1n) is 8.38.